The summed E-state index contributed by atoms with van der Waals surface area (Å²) in [6, 6.07) is 7.10. The molecule has 0 saturated carbocycles. The van der Waals surface area contributed by atoms with E-state index < -0.39 is 85.2 Å². The first-order chi connectivity index (χ1) is 22.4. The molecule has 3 aliphatic carbocycles. The van der Waals surface area contributed by atoms with E-state index in [1.54, 1.807) is 0 Å². The number of phenols is 3. The monoisotopic (exact) mass is 702 g/mol. The number of Topliss-reactive ketones (excluding diaryl/α,β-unsaturated/α-hetero) is 3. The molecule has 47 heavy (non-hydrogen) atoms. The number of hydrogen-bond donors (Lipinski definition) is 4. The largest absolute Gasteiger partial charge is 0.507 e. The first-order valence-corrected chi connectivity index (χ1v) is 14.8. The zero-order valence-electron chi connectivity index (χ0n) is 24.1. The van der Waals surface area contributed by atoms with E-state index in [4.69, 9.17) is 9.57 Å². The van der Waals surface area contributed by atoms with E-state index in [1.165, 1.54) is 36.5 Å². The first-order valence-electron chi connectivity index (χ1n) is 14.0. The van der Waals surface area contributed by atoms with Gasteiger partial charge in [-0.1, -0.05) is 17.3 Å². The van der Waals surface area contributed by atoms with Gasteiger partial charge < -0.3 is 29.9 Å². The van der Waals surface area contributed by atoms with Crippen LogP contribution in [0.1, 0.15) is 70.2 Å². The van der Waals surface area contributed by atoms with Crippen LogP contribution in [0.15, 0.2) is 56.6 Å². The normalized spacial score (nSPS) is 18.2. The summed E-state index contributed by atoms with van der Waals surface area (Å²) in [6.07, 6.45) is 1.86. The number of hydrogen-bond acceptors (Lipinski definition) is 11. The summed E-state index contributed by atoms with van der Waals surface area (Å²) in [5, 5.41) is 37.7. The van der Waals surface area contributed by atoms with E-state index in [9.17, 15) is 43.7 Å². The molecule has 12 nitrogen and oxygen atoms in total. The summed E-state index contributed by atoms with van der Waals surface area (Å²) in [5.41, 5.74) is -4.67. The molecule has 4 aromatic rings. The number of aromatic hydroxyl groups is 3. The van der Waals surface area contributed by atoms with Crippen molar-refractivity contribution in [2.24, 2.45) is 5.16 Å². The number of ether oxygens (including phenoxy) is 1. The minimum atomic E-state index is -2.18. The summed E-state index contributed by atoms with van der Waals surface area (Å²) in [5.74, 6) is -7.35. The molecule has 236 valence electrons. The lowest BCUT2D eigenvalue weighted by atomic mass is 9.76. The van der Waals surface area contributed by atoms with E-state index in [1.807, 2.05) is 0 Å². The second-order valence-electron chi connectivity index (χ2n) is 11.2. The number of ketones is 4. The van der Waals surface area contributed by atoms with Crippen LogP contribution in [0.3, 0.4) is 0 Å². The molecule has 0 aliphatic heterocycles. The van der Waals surface area contributed by atoms with Crippen LogP contribution in [0.25, 0.3) is 10.8 Å². The molecule has 3 aromatic carbocycles. The lowest BCUT2D eigenvalue weighted by molar-refractivity contribution is 0.0790. The van der Waals surface area contributed by atoms with E-state index >= 15 is 0 Å². The summed E-state index contributed by atoms with van der Waals surface area (Å²) in [4.78, 5) is 75.4. The lowest BCUT2D eigenvalue weighted by Gasteiger charge is -2.23. The zero-order valence-corrected chi connectivity index (χ0v) is 25.7. The number of nitrogens with zero attached hydrogens (tertiary/aromatic N) is 1. The molecule has 0 bridgehead atoms. The van der Waals surface area contributed by atoms with Crippen LogP contribution in [0, 0.1) is 5.82 Å². The predicted molar refractivity (Wildman–Crippen MR) is 165 cm³/mol. The Bertz CT molecular complexity index is 2290. The fraction of sp³-hybridized carbons (Fsp3) is 0.152. The van der Waals surface area contributed by atoms with Gasteiger partial charge >= 0.3 is 0 Å². The van der Waals surface area contributed by atoms with Crippen LogP contribution in [0.4, 0.5) is 4.39 Å². The van der Waals surface area contributed by atoms with Crippen molar-refractivity contribution in [3.63, 3.8) is 0 Å². The van der Waals surface area contributed by atoms with E-state index in [-0.39, 0.29) is 41.5 Å². The van der Waals surface area contributed by atoms with Crippen molar-refractivity contribution in [3.05, 3.63) is 107 Å². The average Bonchev–Trinajstić information content (AvgIpc) is 3.55. The standard InChI is InChI=1S/C33H20BrFN2O10/c1-46-18-9-17(38)20-21(26(18)39)28(41)23-22(27(20)40)30(43)33(31(23)44)7-6-15-24(33)29(42)19-16(25(15)34)8-14(37-32(19)45)10-36-47-11-12-2-4-13(35)5-3-12/h2-5,8-10,40-42H,6-7,11H2,1H3,(H,37,45)/t33-/m0/s1. The highest BCUT2D eigenvalue weighted by atomic mass is 79.9. The van der Waals surface area contributed by atoms with Crippen molar-refractivity contribution in [1.82, 2.24) is 4.98 Å². The number of methoxy groups -OCH3 is 1. The molecular weight excluding hydrogens is 683 g/mol. The fourth-order valence-electron chi connectivity index (χ4n) is 6.66. The van der Waals surface area contributed by atoms with Gasteiger partial charge in [-0.25, -0.2) is 4.39 Å². The molecule has 4 N–H and O–H groups in total. The third-order valence-electron chi connectivity index (χ3n) is 8.77. The van der Waals surface area contributed by atoms with Crippen molar-refractivity contribution in [3.8, 4) is 17.2 Å². The molecule has 0 radical (unpaired) electrons. The van der Waals surface area contributed by atoms with Gasteiger partial charge in [-0.15, -0.1) is 0 Å². The van der Waals surface area contributed by atoms with Crippen LogP contribution < -0.4 is 5.56 Å². The summed E-state index contributed by atoms with van der Waals surface area (Å²) >= 11 is 3.47. The molecule has 1 aromatic heterocycles. The zero-order chi connectivity index (χ0) is 33.5. The molecule has 7 rings (SSSR count). The number of aromatic amines is 1. The Labute approximate surface area is 270 Å². The predicted octanol–water partition coefficient (Wildman–Crippen LogP) is 4.27. The highest BCUT2D eigenvalue weighted by molar-refractivity contribution is 9.10. The number of halogens is 2. The number of phenolic OH excluding ortho intramolecular Hbond substituents is 3. The number of H-pyrrole nitrogens is 1. The average molecular weight is 703 g/mol. The number of pyridine rings is 1. The van der Waals surface area contributed by atoms with Crippen molar-refractivity contribution in [1.29, 1.82) is 0 Å². The number of oxime groups is 1. The third-order valence-corrected chi connectivity index (χ3v) is 9.68. The number of nitrogens with one attached hydrogen (secondary N) is 1. The number of fused-ring (bicyclic) bond motifs is 5. The van der Waals surface area contributed by atoms with Gasteiger partial charge in [0.15, 0.2) is 23.1 Å². The molecule has 0 saturated heterocycles. The Morgan fingerprint density at radius 1 is 0.979 bits per heavy atom. The molecule has 1 heterocycles. The van der Waals surface area contributed by atoms with Gasteiger partial charge in [-0.05, 0) is 58.1 Å². The Morgan fingerprint density at radius 3 is 2.30 bits per heavy atom. The fourth-order valence-corrected chi connectivity index (χ4v) is 7.37. The Hall–Kier alpha value is -5.63. The van der Waals surface area contributed by atoms with Gasteiger partial charge in [-0.3, -0.25) is 24.0 Å². The number of allylic oxidation sites excluding steroid dienone is 2. The van der Waals surface area contributed by atoms with E-state index in [2.05, 4.69) is 26.1 Å². The van der Waals surface area contributed by atoms with Crippen LogP contribution in [-0.2, 0) is 28.0 Å². The van der Waals surface area contributed by atoms with E-state index in [0.717, 1.165) is 13.2 Å². The Balaban J connectivity index is 1.33. The van der Waals surface area contributed by atoms with Crippen molar-refractivity contribution < 1.29 is 48.5 Å². The molecule has 3 aliphatic rings. The van der Waals surface area contributed by atoms with Gasteiger partial charge in [0.1, 0.15) is 35.1 Å². The highest BCUT2D eigenvalue weighted by Crippen LogP contribution is 2.58. The van der Waals surface area contributed by atoms with Crippen molar-refractivity contribution >= 4 is 56.0 Å². The summed E-state index contributed by atoms with van der Waals surface area (Å²) < 4.78 is 18.3. The smallest absolute Gasteiger partial charge is 0.260 e. The van der Waals surface area contributed by atoms with Crippen LogP contribution in [-0.4, -0.2) is 56.8 Å². The first kappa shape index (κ1) is 30.0. The van der Waals surface area contributed by atoms with Gasteiger partial charge in [0.25, 0.3) is 5.56 Å². The number of aromatic nitrogens is 1. The molecule has 0 fully saturated rings. The molecule has 14 heteroatoms. The number of carbonyl (C=O) groups is 4. The highest BCUT2D eigenvalue weighted by Gasteiger charge is 2.62. The topological polar surface area (TPSA) is 193 Å². The minimum Gasteiger partial charge on any atom is -0.507 e. The van der Waals surface area contributed by atoms with E-state index in [0.29, 0.717) is 15.6 Å². The van der Waals surface area contributed by atoms with Gasteiger partial charge in [-0.2, -0.15) is 0 Å². The minimum absolute atomic E-state index is 0.0274. The summed E-state index contributed by atoms with van der Waals surface area (Å²) in [7, 11) is 1.12. The molecular formula is C33H20BrFN2O10. The molecule has 0 unspecified atom stereocenters. The van der Waals surface area contributed by atoms with Crippen LogP contribution in [0.2, 0.25) is 0 Å². The molecule has 1 spiro atoms. The van der Waals surface area contributed by atoms with Gasteiger partial charge in [0.05, 0.1) is 46.7 Å². The molecule has 0 amide bonds. The number of rotatable bonds is 5. The Kier molecular flexibility index (Phi) is 6.68. The maximum absolute atomic E-state index is 14.2. The second-order valence-corrected chi connectivity index (χ2v) is 12.0. The van der Waals surface area contributed by atoms with Gasteiger partial charge in [0.2, 0.25) is 5.78 Å². The quantitative estimate of drug-likeness (QED) is 0.101. The molecule has 1 atom stereocenters. The number of carbonyl (C=O) groups excluding carboxylic acids is 4. The third kappa shape index (κ3) is 4.03. The SMILES string of the molecule is COC1=CC(=O)c2c(O)c3c(c(O)c2C1=O)C(=O)[C@]1(CCc2c1c(O)c1c(=O)[nH]c(C=NOCc4ccc(F)cc4)cc1c2Br)C3=O. The van der Waals surface area contributed by atoms with Crippen molar-refractivity contribution in [2.75, 3.05) is 7.11 Å². The van der Waals surface area contributed by atoms with Gasteiger partial charge in [0, 0.05) is 21.5 Å². The lowest BCUT2D eigenvalue weighted by Crippen LogP contribution is -2.36. The Morgan fingerprint density at radius 2 is 1.64 bits per heavy atom. The van der Waals surface area contributed by atoms with Crippen LogP contribution >= 0.6 is 15.9 Å². The van der Waals surface area contributed by atoms with Crippen LogP contribution in [0.5, 0.6) is 17.2 Å². The summed E-state index contributed by atoms with van der Waals surface area (Å²) in [6.45, 7) is 0.0274. The van der Waals surface area contributed by atoms with Crippen molar-refractivity contribution in [2.45, 2.75) is 24.9 Å². The maximum Gasteiger partial charge on any atom is 0.260 e. The maximum atomic E-state index is 14.2. The number of benzene rings is 3. The second kappa shape index (κ2) is 10.5.